The predicted octanol–water partition coefficient (Wildman–Crippen LogP) is 6.33. The predicted molar refractivity (Wildman–Crippen MR) is 169 cm³/mol. The molecule has 0 bridgehead atoms. The topological polar surface area (TPSA) is 85.9 Å². The van der Waals surface area contributed by atoms with Crippen molar-refractivity contribution < 1.29 is 23.8 Å². The molecule has 0 aromatic heterocycles. The summed E-state index contributed by atoms with van der Waals surface area (Å²) < 4.78 is 17.5. The van der Waals surface area contributed by atoms with Crippen LogP contribution in [0, 0.1) is 23.7 Å². The number of hydrogen-bond acceptors (Lipinski definition) is 7. The first kappa shape index (κ1) is 36.2. The van der Waals surface area contributed by atoms with Crippen LogP contribution in [0.15, 0.2) is 24.3 Å². The fourth-order valence-corrected chi connectivity index (χ4v) is 5.40. The number of hydrogen-bond donors (Lipinski definition) is 2. The van der Waals surface area contributed by atoms with Crippen molar-refractivity contribution in [2.45, 2.75) is 84.3 Å². The van der Waals surface area contributed by atoms with E-state index in [-0.39, 0.29) is 41.1 Å². The molecule has 0 saturated heterocycles. The van der Waals surface area contributed by atoms with Gasteiger partial charge in [-0.05, 0) is 30.5 Å². The van der Waals surface area contributed by atoms with Crippen LogP contribution in [0.4, 0.5) is 0 Å². The van der Waals surface area contributed by atoms with Gasteiger partial charge in [0.2, 0.25) is 5.91 Å². The van der Waals surface area contributed by atoms with E-state index in [2.05, 4.69) is 57.1 Å². The van der Waals surface area contributed by atoms with E-state index >= 15 is 0 Å². The quantitative estimate of drug-likeness (QED) is 0.0838. The molecule has 0 aliphatic carbocycles. The summed E-state index contributed by atoms with van der Waals surface area (Å²) in [6, 6.07) is 7.23. The summed E-state index contributed by atoms with van der Waals surface area (Å²) in [4.78, 5) is 24.4. The van der Waals surface area contributed by atoms with Crippen LogP contribution in [0.5, 0.6) is 5.75 Å². The largest absolute Gasteiger partial charge is 0.490 e. The van der Waals surface area contributed by atoms with Gasteiger partial charge in [-0.25, -0.2) is 0 Å². The van der Waals surface area contributed by atoms with Gasteiger partial charge in [-0.2, -0.15) is 0 Å². The number of nitrogens with one attached hydrogen (secondary N) is 2. The second kappa shape index (κ2) is 20.9. The van der Waals surface area contributed by atoms with Crippen LogP contribution in [-0.4, -0.2) is 61.5 Å². The zero-order valence-corrected chi connectivity index (χ0v) is 27.1. The van der Waals surface area contributed by atoms with Crippen LogP contribution in [-0.2, 0) is 14.3 Å². The number of carbonyl (C=O) groups excluding carboxylic acids is 2. The van der Waals surface area contributed by atoms with Gasteiger partial charge in [0.15, 0.2) is 0 Å². The van der Waals surface area contributed by atoms with Gasteiger partial charge >= 0.3 is 0 Å². The van der Waals surface area contributed by atoms with Crippen LogP contribution in [0.2, 0.25) is 0 Å². The number of rotatable bonds is 19. The highest BCUT2D eigenvalue weighted by molar-refractivity contribution is 8.77. The number of amides is 2. The third kappa shape index (κ3) is 20.1. The molecule has 40 heavy (non-hydrogen) atoms. The lowest BCUT2D eigenvalue weighted by atomic mass is 10.1. The van der Waals surface area contributed by atoms with Gasteiger partial charge in [-0.1, -0.05) is 107 Å². The highest BCUT2D eigenvalue weighted by Crippen LogP contribution is 2.38. The van der Waals surface area contributed by atoms with Crippen molar-refractivity contribution >= 4 is 33.4 Å². The summed E-state index contributed by atoms with van der Waals surface area (Å²) in [5.41, 5.74) is 0.326. The summed E-state index contributed by atoms with van der Waals surface area (Å²) in [6.07, 6.45) is 4.53. The van der Waals surface area contributed by atoms with Crippen LogP contribution < -0.4 is 15.4 Å². The molecular weight excluding hydrogens is 544 g/mol. The number of benzene rings is 1. The van der Waals surface area contributed by atoms with Gasteiger partial charge in [0.1, 0.15) is 24.4 Å². The molecule has 2 amide bonds. The number of unbranched alkanes of at least 4 members (excludes halogenated alkanes) is 2. The molecule has 1 aromatic carbocycles. The summed E-state index contributed by atoms with van der Waals surface area (Å²) >= 11 is 0. The molecule has 0 fully saturated rings. The van der Waals surface area contributed by atoms with E-state index in [1.807, 2.05) is 26.0 Å². The van der Waals surface area contributed by atoms with Gasteiger partial charge in [0.25, 0.3) is 5.91 Å². The molecule has 0 saturated carbocycles. The minimum absolute atomic E-state index is 0.0371. The van der Waals surface area contributed by atoms with E-state index in [1.54, 1.807) is 33.7 Å². The van der Waals surface area contributed by atoms with Crippen molar-refractivity contribution in [3.8, 4) is 17.6 Å². The lowest BCUT2D eigenvalue weighted by molar-refractivity contribution is -0.126. The molecule has 0 aliphatic rings. The fraction of sp³-hybridized carbons (Fsp3) is 0.677. The van der Waals surface area contributed by atoms with Gasteiger partial charge < -0.3 is 24.8 Å². The van der Waals surface area contributed by atoms with Gasteiger partial charge in [-0.15, -0.1) is 0 Å². The molecule has 9 heteroatoms. The van der Waals surface area contributed by atoms with E-state index in [0.29, 0.717) is 37.6 Å². The molecule has 1 aromatic rings. The average Bonchev–Trinajstić information content (AvgIpc) is 2.88. The Balaban J connectivity index is 2.47. The van der Waals surface area contributed by atoms with E-state index in [0.717, 1.165) is 18.8 Å². The van der Waals surface area contributed by atoms with E-state index < -0.39 is 0 Å². The Kier molecular flexibility index (Phi) is 18.9. The second-order valence-corrected chi connectivity index (χ2v) is 14.4. The Morgan fingerprint density at radius 3 is 2.50 bits per heavy atom. The Morgan fingerprint density at radius 1 is 1.02 bits per heavy atom. The molecule has 0 spiro atoms. The average molecular weight is 595 g/mol. The van der Waals surface area contributed by atoms with Crippen LogP contribution in [0.25, 0.3) is 0 Å². The first-order valence-corrected chi connectivity index (χ1v) is 16.5. The number of ether oxygens (including phenoxy) is 3. The standard InChI is InChI=1S/C31H50N2O5S2/c1-24(2)13-9-8-10-17-33-30(35)26-15-11-16-27(21-26)38-23-29(39-40-31(5,6)7)37-20-19-36-22-28(34)32-18-12-14-25(3)4/h11,15-16,21,24-25,29H,8-10,13,17-20,22-23H2,1-7H3,(H,32,34)(H,33,35). The summed E-state index contributed by atoms with van der Waals surface area (Å²) in [5, 5.41) is 5.72. The first-order valence-electron chi connectivity index (χ1n) is 14.3. The molecule has 226 valence electrons. The second-order valence-electron chi connectivity index (χ2n) is 11.2. The maximum absolute atomic E-state index is 12.6. The van der Waals surface area contributed by atoms with Crippen molar-refractivity contribution in [3.63, 3.8) is 0 Å². The molecule has 7 nitrogen and oxygen atoms in total. The lowest BCUT2D eigenvalue weighted by Crippen LogP contribution is -2.29. The third-order valence-electron chi connectivity index (χ3n) is 5.16. The van der Waals surface area contributed by atoms with Gasteiger partial charge in [0.05, 0.1) is 19.8 Å². The smallest absolute Gasteiger partial charge is 0.251 e. The molecule has 1 unspecified atom stereocenters. The van der Waals surface area contributed by atoms with Crippen molar-refractivity contribution in [2.24, 2.45) is 11.8 Å². The molecule has 0 radical (unpaired) electrons. The molecule has 2 N–H and O–H groups in total. The first-order chi connectivity index (χ1) is 19.0. The van der Waals surface area contributed by atoms with Crippen molar-refractivity contribution in [3.05, 3.63) is 29.8 Å². The van der Waals surface area contributed by atoms with Gasteiger partial charge in [-0.3, -0.25) is 9.59 Å². The molecule has 1 rings (SSSR count). The van der Waals surface area contributed by atoms with Crippen LogP contribution in [0.3, 0.4) is 0 Å². The van der Waals surface area contributed by atoms with Crippen LogP contribution in [0.1, 0.15) is 84.5 Å². The van der Waals surface area contributed by atoms with Crippen LogP contribution >= 0.6 is 21.6 Å². The lowest BCUT2D eigenvalue weighted by Gasteiger charge is -2.22. The van der Waals surface area contributed by atoms with E-state index in [4.69, 9.17) is 14.2 Å². The molecular formula is C31H50N2O5S2. The van der Waals surface area contributed by atoms with E-state index in [9.17, 15) is 9.59 Å². The zero-order chi connectivity index (χ0) is 29.8. The minimum atomic E-state index is -0.253. The van der Waals surface area contributed by atoms with Crippen molar-refractivity contribution in [2.75, 3.05) is 39.5 Å². The van der Waals surface area contributed by atoms with Crippen molar-refractivity contribution in [1.82, 2.24) is 10.6 Å². The summed E-state index contributed by atoms with van der Waals surface area (Å²) in [5.74, 6) is 7.23. The van der Waals surface area contributed by atoms with E-state index in [1.165, 1.54) is 12.8 Å². The Hall–Kier alpha value is -1.86. The monoisotopic (exact) mass is 594 g/mol. The van der Waals surface area contributed by atoms with Gasteiger partial charge in [0, 0.05) is 22.8 Å². The zero-order valence-electron chi connectivity index (χ0n) is 25.5. The minimum Gasteiger partial charge on any atom is -0.490 e. The summed E-state index contributed by atoms with van der Waals surface area (Å²) in [7, 11) is 3.31. The molecule has 1 atom stereocenters. The Morgan fingerprint density at radius 2 is 1.80 bits per heavy atom. The maximum Gasteiger partial charge on any atom is 0.251 e. The Bertz CT molecular complexity index is 922. The molecule has 0 heterocycles. The SMILES string of the molecule is CC(C)C#CCNC(=O)COCCOC(COc1cccc(C(=O)NCCCCCC(C)C)c1)SSC(C)(C)C. The maximum atomic E-state index is 12.6. The third-order valence-corrected chi connectivity index (χ3v) is 8.68. The normalized spacial score (nSPS) is 12.1. The highest BCUT2D eigenvalue weighted by Gasteiger charge is 2.18. The van der Waals surface area contributed by atoms with Crippen molar-refractivity contribution in [1.29, 1.82) is 0 Å². The molecule has 0 aliphatic heterocycles. The highest BCUT2D eigenvalue weighted by atomic mass is 33.1. The Labute approximate surface area is 250 Å². The fourth-order valence-electron chi connectivity index (χ4n) is 3.20. The number of carbonyl (C=O) groups is 2. The summed E-state index contributed by atoms with van der Waals surface area (Å²) in [6.45, 7) is 16.8.